The lowest BCUT2D eigenvalue weighted by molar-refractivity contribution is -0.174. The molecule has 1 N–H and O–H groups in total. The number of rotatable bonds is 4. The molecule has 0 saturated carbocycles. The second-order valence-electron chi connectivity index (χ2n) is 6.34. The molecule has 0 aromatic rings. The molecule has 0 rings (SSSR count). The first-order valence-electron chi connectivity index (χ1n) is 6.12. The van der Waals surface area contributed by atoms with Crippen LogP contribution in [-0.4, -0.2) is 54.5 Å². The maximum absolute atomic E-state index is 12.1. The molecular formula is C13H25NO5. The zero-order chi connectivity index (χ0) is 15.4. The highest BCUT2D eigenvalue weighted by atomic mass is 16.6. The number of hydrogen-bond donors (Lipinski definition) is 1. The zero-order valence-electron chi connectivity index (χ0n) is 12.8. The van der Waals surface area contributed by atoms with Crippen LogP contribution in [0, 0.1) is 5.41 Å². The van der Waals surface area contributed by atoms with Crippen LogP contribution in [-0.2, 0) is 14.3 Å². The molecule has 19 heavy (non-hydrogen) atoms. The number of hydrogen-bond acceptors (Lipinski definition) is 5. The van der Waals surface area contributed by atoms with E-state index in [-0.39, 0.29) is 6.61 Å². The fourth-order valence-electron chi connectivity index (χ4n) is 1.17. The van der Waals surface area contributed by atoms with Gasteiger partial charge in [-0.25, -0.2) is 9.59 Å². The van der Waals surface area contributed by atoms with Gasteiger partial charge in [0.25, 0.3) is 0 Å². The van der Waals surface area contributed by atoms with E-state index in [0.29, 0.717) is 0 Å². The van der Waals surface area contributed by atoms with Crippen molar-refractivity contribution in [2.45, 2.75) is 46.3 Å². The Balaban J connectivity index is 5.08. The number of ether oxygens (including phenoxy) is 2. The summed E-state index contributed by atoms with van der Waals surface area (Å²) in [6.07, 6.45) is -1.82. The van der Waals surface area contributed by atoms with Crippen LogP contribution < -0.4 is 0 Å². The Morgan fingerprint density at radius 3 is 1.95 bits per heavy atom. The number of carbonyl (C=O) groups excluding carboxylic acids is 2. The van der Waals surface area contributed by atoms with Crippen molar-refractivity contribution in [2.24, 2.45) is 5.41 Å². The maximum Gasteiger partial charge on any atom is 0.410 e. The van der Waals surface area contributed by atoms with E-state index in [0.717, 1.165) is 0 Å². The van der Waals surface area contributed by atoms with Gasteiger partial charge in [-0.3, -0.25) is 0 Å². The summed E-state index contributed by atoms with van der Waals surface area (Å²) >= 11 is 0. The number of carbonyl (C=O) groups is 2. The standard InChI is InChI=1S/C13H25NO5/c1-12(2,3)19-10(16)9(13(4,5)8-15)18-11(17)14(6)7/h9,15H,8H2,1-7H3. The zero-order valence-corrected chi connectivity index (χ0v) is 12.8. The topological polar surface area (TPSA) is 76.1 Å². The molecule has 1 amide bonds. The minimum absolute atomic E-state index is 0.308. The molecule has 1 atom stereocenters. The SMILES string of the molecule is CN(C)C(=O)OC(C(=O)OC(C)(C)C)C(C)(C)CO. The Morgan fingerprint density at radius 1 is 1.16 bits per heavy atom. The van der Waals surface area contributed by atoms with E-state index in [4.69, 9.17) is 9.47 Å². The Hall–Kier alpha value is -1.30. The summed E-state index contributed by atoms with van der Waals surface area (Å²) < 4.78 is 10.4. The Bertz CT molecular complexity index is 330. The van der Waals surface area contributed by atoms with E-state index >= 15 is 0 Å². The highest BCUT2D eigenvalue weighted by molar-refractivity contribution is 5.79. The monoisotopic (exact) mass is 275 g/mol. The quantitative estimate of drug-likeness (QED) is 0.785. The Labute approximate surface area is 114 Å². The number of amides is 1. The van der Waals surface area contributed by atoms with Gasteiger partial charge in [-0.15, -0.1) is 0 Å². The van der Waals surface area contributed by atoms with Crippen LogP contribution in [0.2, 0.25) is 0 Å². The summed E-state index contributed by atoms with van der Waals surface area (Å²) in [6.45, 7) is 8.12. The summed E-state index contributed by atoms with van der Waals surface area (Å²) in [5, 5.41) is 9.35. The smallest absolute Gasteiger partial charge is 0.410 e. The molecule has 6 heteroatoms. The van der Waals surface area contributed by atoms with Crippen molar-refractivity contribution in [1.82, 2.24) is 4.90 Å². The summed E-state index contributed by atoms with van der Waals surface area (Å²) in [6, 6.07) is 0. The first-order chi connectivity index (χ1) is 8.40. The Kier molecular flexibility index (Phi) is 5.81. The van der Waals surface area contributed by atoms with Crippen molar-refractivity contribution in [2.75, 3.05) is 20.7 Å². The minimum atomic E-state index is -1.16. The van der Waals surface area contributed by atoms with Crippen molar-refractivity contribution < 1.29 is 24.2 Å². The van der Waals surface area contributed by atoms with Crippen molar-refractivity contribution in [1.29, 1.82) is 0 Å². The molecule has 0 aromatic carbocycles. The third-order valence-electron chi connectivity index (χ3n) is 2.32. The largest absolute Gasteiger partial charge is 0.457 e. The average molecular weight is 275 g/mol. The summed E-state index contributed by atoms with van der Waals surface area (Å²) in [7, 11) is 3.03. The van der Waals surface area contributed by atoms with Crippen LogP contribution in [0.3, 0.4) is 0 Å². The number of esters is 1. The molecule has 0 spiro atoms. The van der Waals surface area contributed by atoms with E-state index in [2.05, 4.69) is 0 Å². The second kappa shape index (κ2) is 6.23. The van der Waals surface area contributed by atoms with E-state index in [9.17, 15) is 14.7 Å². The Morgan fingerprint density at radius 2 is 1.63 bits per heavy atom. The van der Waals surface area contributed by atoms with Gasteiger partial charge in [0.2, 0.25) is 6.10 Å². The van der Waals surface area contributed by atoms with Crippen LogP contribution in [0.15, 0.2) is 0 Å². The molecule has 0 saturated heterocycles. The molecule has 0 aliphatic heterocycles. The fraction of sp³-hybridized carbons (Fsp3) is 0.846. The molecule has 0 aromatic heterocycles. The first kappa shape index (κ1) is 17.7. The molecular weight excluding hydrogens is 250 g/mol. The van der Waals surface area contributed by atoms with Gasteiger partial charge in [-0.2, -0.15) is 0 Å². The third-order valence-corrected chi connectivity index (χ3v) is 2.32. The molecule has 0 radical (unpaired) electrons. The van der Waals surface area contributed by atoms with Gasteiger partial charge >= 0.3 is 12.1 Å². The van der Waals surface area contributed by atoms with Crippen molar-refractivity contribution in [3.05, 3.63) is 0 Å². The van der Waals surface area contributed by atoms with Gasteiger partial charge in [-0.1, -0.05) is 13.8 Å². The summed E-state index contributed by atoms with van der Waals surface area (Å²) in [5.74, 6) is -0.665. The van der Waals surface area contributed by atoms with Crippen LogP contribution in [0.5, 0.6) is 0 Å². The van der Waals surface area contributed by atoms with E-state index in [1.807, 2.05) is 0 Å². The van der Waals surface area contributed by atoms with Crippen molar-refractivity contribution in [3.63, 3.8) is 0 Å². The van der Waals surface area contributed by atoms with Gasteiger partial charge in [0, 0.05) is 19.5 Å². The molecule has 1 unspecified atom stereocenters. The van der Waals surface area contributed by atoms with Crippen LogP contribution in [0.1, 0.15) is 34.6 Å². The van der Waals surface area contributed by atoms with E-state index in [1.54, 1.807) is 34.6 Å². The predicted molar refractivity (Wildman–Crippen MR) is 70.7 cm³/mol. The number of aliphatic hydroxyl groups is 1. The molecule has 0 aliphatic rings. The minimum Gasteiger partial charge on any atom is -0.457 e. The lowest BCUT2D eigenvalue weighted by Gasteiger charge is -2.33. The van der Waals surface area contributed by atoms with Gasteiger partial charge in [0.1, 0.15) is 5.60 Å². The second-order valence-corrected chi connectivity index (χ2v) is 6.34. The van der Waals surface area contributed by atoms with E-state index < -0.39 is 29.2 Å². The molecule has 0 aliphatic carbocycles. The highest BCUT2D eigenvalue weighted by Crippen LogP contribution is 2.26. The number of nitrogens with zero attached hydrogens (tertiary/aromatic N) is 1. The van der Waals surface area contributed by atoms with Crippen LogP contribution in [0.25, 0.3) is 0 Å². The number of aliphatic hydroxyl groups excluding tert-OH is 1. The molecule has 6 nitrogen and oxygen atoms in total. The predicted octanol–water partition coefficient (Wildman–Crippen LogP) is 1.41. The summed E-state index contributed by atoms with van der Waals surface area (Å²) in [4.78, 5) is 24.9. The van der Waals surface area contributed by atoms with Gasteiger partial charge < -0.3 is 19.5 Å². The van der Waals surface area contributed by atoms with Gasteiger partial charge in [-0.05, 0) is 20.8 Å². The normalized spacial score (nSPS) is 13.7. The first-order valence-corrected chi connectivity index (χ1v) is 6.12. The molecule has 0 heterocycles. The lowest BCUT2D eigenvalue weighted by atomic mass is 9.87. The highest BCUT2D eigenvalue weighted by Gasteiger charge is 2.41. The van der Waals surface area contributed by atoms with Crippen molar-refractivity contribution in [3.8, 4) is 0 Å². The fourth-order valence-corrected chi connectivity index (χ4v) is 1.17. The average Bonchev–Trinajstić information content (AvgIpc) is 2.22. The summed E-state index contributed by atoms with van der Waals surface area (Å²) in [5.41, 5.74) is -1.61. The lowest BCUT2D eigenvalue weighted by Crippen LogP contribution is -2.47. The molecule has 0 fully saturated rings. The molecule has 0 bridgehead atoms. The molecule has 112 valence electrons. The van der Waals surface area contributed by atoms with Crippen LogP contribution in [0.4, 0.5) is 4.79 Å². The van der Waals surface area contributed by atoms with Gasteiger partial charge in [0.05, 0.1) is 6.61 Å². The van der Waals surface area contributed by atoms with E-state index in [1.165, 1.54) is 19.0 Å². The van der Waals surface area contributed by atoms with Crippen LogP contribution >= 0.6 is 0 Å². The van der Waals surface area contributed by atoms with Crippen molar-refractivity contribution >= 4 is 12.1 Å². The van der Waals surface area contributed by atoms with Gasteiger partial charge in [0.15, 0.2) is 0 Å². The third kappa shape index (κ3) is 5.92. The maximum atomic E-state index is 12.1.